The molecule has 50 valence electrons. The molecule has 0 aromatic rings. The first-order chi connectivity index (χ1) is 0. The molecule has 0 aliphatic carbocycles. The molecule has 0 saturated carbocycles. The molecule has 1 atom stereocenters. The van der Waals surface area contributed by atoms with Gasteiger partial charge in [0.1, 0.15) is 0 Å². The van der Waals surface area contributed by atoms with Crippen molar-refractivity contribution in [1.29, 1.82) is 0 Å². The minimum absolute atomic E-state index is 0. The Morgan fingerprint density at radius 1 is 0.429 bits per heavy atom. The molecule has 0 N–H and O–H groups in total. The van der Waals surface area contributed by atoms with E-state index >= 15 is 0 Å². The Balaban J connectivity index is 0. The van der Waals surface area contributed by atoms with E-state index in [-0.39, 0.29) is 90.8 Å². The second-order valence-electron chi connectivity index (χ2n) is 0. The Kier molecular flexibility index (Phi) is 1220. The molecule has 0 aliphatic heterocycles. The Bertz CT molecular complexity index is 8.04. The molecule has 0 aromatic heterocycles. The van der Waals surface area contributed by atoms with Gasteiger partial charge in [-0.05, 0) is 0 Å². The molecule has 0 fully saturated rings. The SMILES string of the molecule is Cl.Cl.Cl.Cl.Cl.P.[LiH]. The van der Waals surface area contributed by atoms with E-state index in [1.807, 2.05) is 0 Å². The van der Waals surface area contributed by atoms with Crippen molar-refractivity contribution in [2.24, 2.45) is 0 Å². The second-order valence-corrected chi connectivity index (χ2v) is 0. The van der Waals surface area contributed by atoms with Crippen LogP contribution in [0, 0.1) is 0 Å². The van der Waals surface area contributed by atoms with Gasteiger partial charge in [-0.1, -0.05) is 0 Å². The fourth-order valence-corrected chi connectivity index (χ4v) is 0. The van der Waals surface area contributed by atoms with Crippen molar-refractivity contribution in [3.05, 3.63) is 0 Å². The number of hydrogen-bond donors (Lipinski definition) is 0. The molecule has 0 nitrogen and oxygen atoms in total. The maximum atomic E-state index is 0. The van der Waals surface area contributed by atoms with E-state index in [0.717, 1.165) is 0 Å². The van der Waals surface area contributed by atoms with Crippen molar-refractivity contribution < 1.29 is 0 Å². The molecule has 0 radical (unpaired) electrons. The monoisotopic (exact) mass is 222 g/mol. The van der Waals surface area contributed by atoms with Crippen LogP contribution in [0.3, 0.4) is 0 Å². The Labute approximate surface area is 90.2 Å². The zero-order valence-electron chi connectivity index (χ0n) is 2.75. The standard InChI is InChI=1S/5ClH.Li.H3P.H/h5*1H;;1H3;. The van der Waals surface area contributed by atoms with Gasteiger partial charge in [0.05, 0.1) is 0 Å². The number of halogens is 5. The Hall–Kier alpha value is 2.48. The van der Waals surface area contributed by atoms with Crippen molar-refractivity contribution in [2.75, 3.05) is 0 Å². The van der Waals surface area contributed by atoms with E-state index in [0.29, 0.717) is 0 Å². The fraction of sp³-hybridized carbons (Fsp3) is 0. The predicted octanol–water partition coefficient (Wildman–Crippen LogP) is 1.52. The van der Waals surface area contributed by atoms with Crippen molar-refractivity contribution >= 4 is 90.8 Å². The first kappa shape index (κ1) is 111. The summed E-state index contributed by atoms with van der Waals surface area (Å²) >= 11 is 0. The van der Waals surface area contributed by atoms with Gasteiger partial charge in [-0.15, -0.1) is 62.0 Å². The molecular weight excluding hydrogens is 215 g/mol. The summed E-state index contributed by atoms with van der Waals surface area (Å²) in [5.74, 6) is 0. The molecule has 0 spiro atoms. The second kappa shape index (κ2) is 77.2. The van der Waals surface area contributed by atoms with Crippen LogP contribution in [-0.4, -0.2) is 18.9 Å². The summed E-state index contributed by atoms with van der Waals surface area (Å²) in [5.41, 5.74) is 0. The van der Waals surface area contributed by atoms with Crippen LogP contribution < -0.4 is 0 Å². The van der Waals surface area contributed by atoms with E-state index in [4.69, 9.17) is 0 Å². The van der Waals surface area contributed by atoms with E-state index in [9.17, 15) is 0 Å². The maximum absolute atomic E-state index is 0. The molecule has 0 heterocycles. The number of hydrogen-bond acceptors (Lipinski definition) is 0. The van der Waals surface area contributed by atoms with E-state index in [1.165, 1.54) is 0 Å². The molecule has 1 unspecified atom stereocenters. The van der Waals surface area contributed by atoms with Crippen LogP contribution in [0.15, 0.2) is 0 Å². The van der Waals surface area contributed by atoms with Crippen molar-refractivity contribution in [2.45, 2.75) is 0 Å². The van der Waals surface area contributed by atoms with Crippen LogP contribution >= 0.6 is 71.9 Å². The van der Waals surface area contributed by atoms with Gasteiger partial charge < -0.3 is 0 Å². The number of rotatable bonds is 0. The van der Waals surface area contributed by atoms with Crippen LogP contribution in [0.25, 0.3) is 0 Å². The van der Waals surface area contributed by atoms with Crippen LogP contribution in [0.2, 0.25) is 0 Å². The van der Waals surface area contributed by atoms with Gasteiger partial charge >= 0.3 is 18.9 Å². The third-order valence-electron chi connectivity index (χ3n) is 0. The van der Waals surface area contributed by atoms with E-state index in [1.54, 1.807) is 0 Å². The van der Waals surface area contributed by atoms with Gasteiger partial charge in [0.15, 0.2) is 0 Å². The molecule has 0 rings (SSSR count). The molecule has 0 aromatic carbocycles. The summed E-state index contributed by atoms with van der Waals surface area (Å²) < 4.78 is 0. The molecule has 0 bridgehead atoms. The molecule has 0 saturated heterocycles. The zero-order valence-corrected chi connectivity index (χ0v) is 8.25. The normalized spacial score (nSPS) is 0. The summed E-state index contributed by atoms with van der Waals surface area (Å²) in [7, 11) is 0. The predicted molar refractivity (Wildman–Crippen MR) is 54.5 cm³/mol. The third kappa shape index (κ3) is 58.0. The molecule has 7 heteroatoms. The van der Waals surface area contributed by atoms with Gasteiger partial charge in [0, 0.05) is 0 Å². The molecule has 0 amide bonds. The summed E-state index contributed by atoms with van der Waals surface area (Å²) in [6.07, 6.45) is 0. The van der Waals surface area contributed by atoms with Gasteiger partial charge in [-0.3, -0.25) is 0 Å². The van der Waals surface area contributed by atoms with E-state index in [2.05, 4.69) is 0 Å². The summed E-state index contributed by atoms with van der Waals surface area (Å²) in [6.45, 7) is 0. The van der Waals surface area contributed by atoms with Gasteiger partial charge in [-0.2, -0.15) is 9.90 Å². The van der Waals surface area contributed by atoms with Crippen LogP contribution in [-0.2, 0) is 0 Å². The summed E-state index contributed by atoms with van der Waals surface area (Å²) in [6, 6.07) is 0. The first-order valence-electron chi connectivity index (χ1n) is 0. The van der Waals surface area contributed by atoms with Gasteiger partial charge in [0.25, 0.3) is 0 Å². The summed E-state index contributed by atoms with van der Waals surface area (Å²) in [5, 5.41) is 0. The Morgan fingerprint density at radius 3 is 0.429 bits per heavy atom. The molecular formula is H9Cl5LiP. The van der Waals surface area contributed by atoms with Crippen LogP contribution in [0.5, 0.6) is 0 Å². The van der Waals surface area contributed by atoms with Crippen molar-refractivity contribution in [3.8, 4) is 0 Å². The quantitative estimate of drug-likeness (QED) is 0.432. The van der Waals surface area contributed by atoms with Gasteiger partial charge in [0.2, 0.25) is 0 Å². The fourth-order valence-electron chi connectivity index (χ4n) is 0. The van der Waals surface area contributed by atoms with Gasteiger partial charge in [-0.25, -0.2) is 0 Å². The van der Waals surface area contributed by atoms with Crippen molar-refractivity contribution in [1.82, 2.24) is 0 Å². The van der Waals surface area contributed by atoms with Crippen LogP contribution in [0.4, 0.5) is 0 Å². The average Bonchev–Trinajstić information content (AvgIpc) is 0. The Morgan fingerprint density at radius 2 is 0.429 bits per heavy atom. The molecule has 7 heavy (non-hydrogen) atoms. The topological polar surface area (TPSA) is 0 Å². The third-order valence-corrected chi connectivity index (χ3v) is 0. The average molecular weight is 224 g/mol. The zero-order chi connectivity index (χ0) is 0. The van der Waals surface area contributed by atoms with Crippen molar-refractivity contribution in [3.63, 3.8) is 0 Å². The van der Waals surface area contributed by atoms with Crippen LogP contribution in [0.1, 0.15) is 0 Å². The summed E-state index contributed by atoms with van der Waals surface area (Å²) in [4.78, 5) is 0. The minimum atomic E-state index is 0. The molecule has 0 aliphatic rings. The van der Waals surface area contributed by atoms with E-state index < -0.39 is 0 Å². The first-order valence-corrected chi connectivity index (χ1v) is 0.